The zero-order valence-corrected chi connectivity index (χ0v) is 14.7. The van der Waals surface area contributed by atoms with Gasteiger partial charge in [0.25, 0.3) is 0 Å². The molecule has 0 atom stereocenters. The number of hydrogen-bond donors (Lipinski definition) is 3. The number of carbonyl (C=O) groups is 2. The number of carbonyl (C=O) groups excluding carboxylic acids is 2. The van der Waals surface area contributed by atoms with E-state index in [0.717, 1.165) is 26.9 Å². The van der Waals surface area contributed by atoms with Crippen LogP contribution < -0.4 is 10.9 Å². The normalized spacial score (nSPS) is 10.6. The summed E-state index contributed by atoms with van der Waals surface area (Å²) >= 11 is 1.45. The van der Waals surface area contributed by atoms with Crippen molar-refractivity contribution in [2.24, 2.45) is 0 Å². The zero-order chi connectivity index (χ0) is 17.6. The predicted octanol–water partition coefficient (Wildman–Crippen LogP) is 2.96. The van der Waals surface area contributed by atoms with Crippen LogP contribution in [0.5, 0.6) is 0 Å². The number of amides is 2. The molecule has 2 aromatic carbocycles. The van der Waals surface area contributed by atoms with Crippen molar-refractivity contribution in [1.29, 1.82) is 0 Å². The second-order valence-corrected chi connectivity index (χ2v) is 6.70. The quantitative estimate of drug-likeness (QED) is 0.488. The van der Waals surface area contributed by atoms with Gasteiger partial charge in [0.15, 0.2) is 0 Å². The molecule has 0 radical (unpaired) electrons. The molecular formula is C19H19N3O2S. The average molecular weight is 353 g/mol. The fourth-order valence-electron chi connectivity index (χ4n) is 2.53. The number of benzene rings is 2. The van der Waals surface area contributed by atoms with Gasteiger partial charge < -0.3 is 4.98 Å². The summed E-state index contributed by atoms with van der Waals surface area (Å²) in [5.74, 6) is -0.238. The fourth-order valence-corrected chi connectivity index (χ4v) is 3.36. The van der Waals surface area contributed by atoms with Crippen LogP contribution in [0.3, 0.4) is 0 Å². The number of aromatic amines is 1. The second-order valence-electron chi connectivity index (χ2n) is 5.69. The number of fused-ring (bicyclic) bond motifs is 1. The third-order valence-electron chi connectivity index (χ3n) is 3.82. The molecular weight excluding hydrogens is 334 g/mol. The Morgan fingerprint density at radius 3 is 2.56 bits per heavy atom. The minimum atomic E-state index is -0.251. The summed E-state index contributed by atoms with van der Waals surface area (Å²) in [6, 6.07) is 15.7. The monoisotopic (exact) mass is 353 g/mol. The lowest BCUT2D eigenvalue weighted by molar-refractivity contribution is -0.127. The van der Waals surface area contributed by atoms with Crippen LogP contribution in [0.2, 0.25) is 0 Å². The molecule has 3 rings (SSSR count). The smallest absolute Gasteiger partial charge is 0.248 e. The van der Waals surface area contributed by atoms with Crippen LogP contribution in [0, 0.1) is 6.92 Å². The van der Waals surface area contributed by atoms with Gasteiger partial charge in [-0.1, -0.05) is 36.4 Å². The van der Waals surface area contributed by atoms with Gasteiger partial charge in [0.05, 0.1) is 12.2 Å². The molecule has 3 N–H and O–H groups in total. The van der Waals surface area contributed by atoms with E-state index in [1.807, 2.05) is 61.7 Å². The van der Waals surface area contributed by atoms with Crippen molar-refractivity contribution in [2.75, 3.05) is 5.75 Å². The Hall–Kier alpha value is -2.73. The maximum atomic E-state index is 12.0. The summed E-state index contributed by atoms with van der Waals surface area (Å²) in [4.78, 5) is 28.1. The standard InChI is InChI=1S/C19H19N3O2S/c1-13-6-2-5-9-17(13)25-12-19(24)22-21-18(23)10-14-11-20-16-8-4-3-7-15(14)16/h2-9,11,20H,10,12H2,1H3,(H,21,23)(H,22,24). The summed E-state index contributed by atoms with van der Waals surface area (Å²) in [7, 11) is 0. The SMILES string of the molecule is Cc1ccccc1SCC(=O)NNC(=O)Cc1c[nH]c2ccccc12. The summed E-state index contributed by atoms with van der Waals surface area (Å²) in [5.41, 5.74) is 7.95. The third-order valence-corrected chi connectivity index (χ3v) is 5.00. The zero-order valence-electron chi connectivity index (χ0n) is 13.8. The number of thioether (sulfide) groups is 1. The van der Waals surface area contributed by atoms with Crippen LogP contribution in [0.15, 0.2) is 59.6 Å². The van der Waals surface area contributed by atoms with Gasteiger partial charge >= 0.3 is 0 Å². The molecule has 0 unspecified atom stereocenters. The van der Waals surface area contributed by atoms with Crippen molar-refractivity contribution in [3.63, 3.8) is 0 Å². The van der Waals surface area contributed by atoms with Gasteiger partial charge in [0.1, 0.15) is 0 Å². The highest BCUT2D eigenvalue weighted by Gasteiger charge is 2.10. The third kappa shape index (κ3) is 4.42. The van der Waals surface area contributed by atoms with Crippen LogP contribution in [-0.2, 0) is 16.0 Å². The van der Waals surface area contributed by atoms with Gasteiger partial charge in [-0.05, 0) is 30.2 Å². The van der Waals surface area contributed by atoms with Crippen LogP contribution >= 0.6 is 11.8 Å². The molecule has 6 heteroatoms. The summed E-state index contributed by atoms with van der Waals surface area (Å²) < 4.78 is 0. The highest BCUT2D eigenvalue weighted by molar-refractivity contribution is 8.00. The maximum absolute atomic E-state index is 12.0. The van der Waals surface area contributed by atoms with E-state index in [9.17, 15) is 9.59 Å². The number of aromatic nitrogens is 1. The average Bonchev–Trinajstić information content (AvgIpc) is 3.02. The summed E-state index contributed by atoms with van der Waals surface area (Å²) in [5, 5.41) is 1.01. The van der Waals surface area contributed by atoms with E-state index < -0.39 is 0 Å². The van der Waals surface area contributed by atoms with E-state index in [-0.39, 0.29) is 24.0 Å². The molecule has 0 aliphatic rings. The van der Waals surface area contributed by atoms with Crippen molar-refractivity contribution < 1.29 is 9.59 Å². The van der Waals surface area contributed by atoms with E-state index in [1.54, 1.807) is 0 Å². The Morgan fingerprint density at radius 1 is 1.00 bits per heavy atom. The van der Waals surface area contributed by atoms with Crippen LogP contribution in [-0.4, -0.2) is 22.6 Å². The molecule has 1 aromatic heterocycles. The highest BCUT2D eigenvalue weighted by atomic mass is 32.2. The maximum Gasteiger partial charge on any atom is 0.248 e. The summed E-state index contributed by atoms with van der Waals surface area (Å²) in [6.07, 6.45) is 2.02. The molecule has 0 saturated heterocycles. The highest BCUT2D eigenvalue weighted by Crippen LogP contribution is 2.21. The van der Waals surface area contributed by atoms with Crippen LogP contribution in [0.1, 0.15) is 11.1 Å². The number of nitrogens with one attached hydrogen (secondary N) is 3. The first-order chi connectivity index (χ1) is 12.1. The number of H-pyrrole nitrogens is 1. The Balaban J connectivity index is 1.47. The van der Waals surface area contributed by atoms with E-state index >= 15 is 0 Å². The molecule has 2 amide bonds. The largest absolute Gasteiger partial charge is 0.361 e. The summed E-state index contributed by atoms with van der Waals surface area (Å²) in [6.45, 7) is 2.00. The molecule has 0 bridgehead atoms. The molecule has 0 aliphatic carbocycles. The fraction of sp³-hybridized carbons (Fsp3) is 0.158. The van der Waals surface area contributed by atoms with Gasteiger partial charge in [-0.25, -0.2) is 0 Å². The van der Waals surface area contributed by atoms with Crippen LogP contribution in [0.25, 0.3) is 10.9 Å². The molecule has 1 heterocycles. The number of hydrazine groups is 1. The molecule has 0 saturated carbocycles. The lowest BCUT2D eigenvalue weighted by Gasteiger charge is -2.08. The molecule has 5 nitrogen and oxygen atoms in total. The van der Waals surface area contributed by atoms with E-state index in [2.05, 4.69) is 15.8 Å². The molecule has 3 aromatic rings. The predicted molar refractivity (Wildman–Crippen MR) is 100 cm³/mol. The Morgan fingerprint density at radius 2 is 1.72 bits per heavy atom. The lowest BCUT2D eigenvalue weighted by Crippen LogP contribution is -2.43. The van der Waals surface area contributed by atoms with Crippen molar-refractivity contribution in [3.8, 4) is 0 Å². The lowest BCUT2D eigenvalue weighted by atomic mass is 10.1. The van der Waals surface area contributed by atoms with Gasteiger partial charge in [-0.15, -0.1) is 11.8 Å². The molecule has 0 fully saturated rings. The second kappa shape index (κ2) is 7.90. The number of rotatable bonds is 5. The van der Waals surface area contributed by atoms with E-state index in [4.69, 9.17) is 0 Å². The number of hydrogen-bond acceptors (Lipinski definition) is 3. The van der Waals surface area contributed by atoms with Crippen molar-refractivity contribution in [2.45, 2.75) is 18.2 Å². The van der Waals surface area contributed by atoms with Gasteiger partial charge in [0, 0.05) is 22.0 Å². The molecule has 0 aliphatic heterocycles. The molecule has 25 heavy (non-hydrogen) atoms. The number of para-hydroxylation sites is 1. The first-order valence-electron chi connectivity index (χ1n) is 7.94. The van der Waals surface area contributed by atoms with Crippen molar-refractivity contribution in [1.82, 2.24) is 15.8 Å². The topological polar surface area (TPSA) is 74.0 Å². The minimum Gasteiger partial charge on any atom is -0.361 e. The van der Waals surface area contributed by atoms with Gasteiger partial charge in [-0.2, -0.15) is 0 Å². The minimum absolute atomic E-state index is 0.204. The molecule has 0 spiro atoms. The Bertz CT molecular complexity index is 904. The van der Waals surface area contributed by atoms with Gasteiger partial charge in [0.2, 0.25) is 11.8 Å². The van der Waals surface area contributed by atoms with Crippen molar-refractivity contribution in [3.05, 3.63) is 65.9 Å². The molecule has 128 valence electrons. The Labute approximate surface area is 150 Å². The first kappa shape index (κ1) is 17.1. The number of aryl methyl sites for hydroxylation is 1. The van der Waals surface area contributed by atoms with Crippen LogP contribution in [0.4, 0.5) is 0 Å². The van der Waals surface area contributed by atoms with Crippen molar-refractivity contribution >= 4 is 34.5 Å². The first-order valence-corrected chi connectivity index (χ1v) is 8.93. The van der Waals surface area contributed by atoms with Gasteiger partial charge in [-0.3, -0.25) is 20.4 Å². The Kier molecular flexibility index (Phi) is 5.40. The van der Waals surface area contributed by atoms with E-state index in [0.29, 0.717) is 0 Å². The van der Waals surface area contributed by atoms with E-state index in [1.165, 1.54) is 11.8 Å².